The van der Waals surface area contributed by atoms with Crippen LogP contribution in [0.3, 0.4) is 0 Å². The van der Waals surface area contributed by atoms with Gasteiger partial charge in [-0.3, -0.25) is 9.78 Å². The monoisotopic (exact) mass is 546 g/mol. The molecule has 3 aromatic rings. The summed E-state index contributed by atoms with van der Waals surface area (Å²) in [4.78, 5) is 18.9. The highest BCUT2D eigenvalue weighted by Gasteiger charge is 2.36. The number of likely N-dealkylation sites (tertiary alicyclic amines) is 1. The maximum atomic E-state index is 13.5. The highest BCUT2D eigenvalue weighted by atomic mass is 32.2. The van der Waals surface area contributed by atoms with E-state index in [0.717, 1.165) is 79.5 Å². The lowest BCUT2D eigenvalue weighted by molar-refractivity contribution is -0.140. The number of hydrogen-bond donors (Lipinski definition) is 1. The Balaban J connectivity index is 1.34. The maximum absolute atomic E-state index is 13.5. The van der Waals surface area contributed by atoms with E-state index in [2.05, 4.69) is 16.8 Å². The largest absolute Gasteiger partial charge is 0.497 e. The smallest absolute Gasteiger partial charge is 0.303 e. The first-order chi connectivity index (χ1) is 18.2. The summed E-state index contributed by atoms with van der Waals surface area (Å²) in [5, 5.41) is 10.7. The molecule has 1 aliphatic heterocycles. The standard InChI is InChI=1S/C29H33F3N2O3S/c1-19-18-33-26-6-5-20(37-2)14-23(26)22(19)4-3-7-29(17-27(35)36)8-10-34(11-9-29)12-13-38-21-15-24(30)28(32)25(31)16-21/h5-6,14-16,18H,3-4,7-13,17H2,1-2H3,(H,35,36). The fraction of sp³-hybridized carbons (Fsp3) is 0.448. The highest BCUT2D eigenvalue weighted by Crippen LogP contribution is 2.40. The Kier molecular flexibility index (Phi) is 9.20. The number of thioether (sulfide) groups is 1. The molecule has 0 radical (unpaired) electrons. The Hall–Kier alpha value is -2.78. The lowest BCUT2D eigenvalue weighted by Gasteiger charge is -2.41. The van der Waals surface area contributed by atoms with Crippen LogP contribution in [0.1, 0.15) is 43.2 Å². The number of hydrogen-bond acceptors (Lipinski definition) is 5. The average Bonchev–Trinajstić information content (AvgIpc) is 2.89. The summed E-state index contributed by atoms with van der Waals surface area (Å²) < 4.78 is 45.5. The summed E-state index contributed by atoms with van der Waals surface area (Å²) >= 11 is 1.28. The molecule has 204 valence electrons. The van der Waals surface area contributed by atoms with Crippen molar-refractivity contribution in [2.75, 3.05) is 32.5 Å². The number of halogens is 3. The molecule has 1 aromatic heterocycles. The predicted molar refractivity (Wildman–Crippen MR) is 143 cm³/mol. The second-order valence-corrected chi connectivity index (χ2v) is 11.3. The molecule has 1 saturated heterocycles. The van der Waals surface area contributed by atoms with Crippen LogP contribution in [-0.2, 0) is 11.2 Å². The lowest BCUT2D eigenvalue weighted by atomic mass is 9.72. The van der Waals surface area contributed by atoms with Crippen LogP contribution >= 0.6 is 11.8 Å². The van der Waals surface area contributed by atoms with Gasteiger partial charge in [0.2, 0.25) is 0 Å². The first kappa shape index (κ1) is 28.2. The third kappa shape index (κ3) is 6.80. The molecule has 4 rings (SSSR count). The van der Waals surface area contributed by atoms with Crippen molar-refractivity contribution in [3.05, 3.63) is 65.1 Å². The Bertz CT molecular complexity index is 1270. The fourth-order valence-corrected chi connectivity index (χ4v) is 6.38. The van der Waals surface area contributed by atoms with Gasteiger partial charge >= 0.3 is 5.97 Å². The lowest BCUT2D eigenvalue weighted by Crippen LogP contribution is -2.42. The summed E-state index contributed by atoms with van der Waals surface area (Å²) in [6.45, 7) is 4.31. The average molecular weight is 547 g/mol. The van der Waals surface area contributed by atoms with E-state index in [1.54, 1.807) is 7.11 Å². The van der Waals surface area contributed by atoms with Gasteiger partial charge in [-0.05, 0) is 99.0 Å². The van der Waals surface area contributed by atoms with E-state index in [4.69, 9.17) is 4.74 Å². The molecule has 1 N–H and O–H groups in total. The minimum atomic E-state index is -1.45. The van der Waals surface area contributed by atoms with E-state index in [1.807, 2.05) is 24.4 Å². The van der Waals surface area contributed by atoms with Crippen LogP contribution in [0.4, 0.5) is 13.2 Å². The van der Waals surface area contributed by atoms with Crippen LogP contribution in [-0.4, -0.2) is 53.5 Å². The zero-order valence-electron chi connectivity index (χ0n) is 21.7. The topological polar surface area (TPSA) is 62.7 Å². The molecule has 0 spiro atoms. The van der Waals surface area contributed by atoms with Crippen LogP contribution in [0.2, 0.25) is 0 Å². The number of aromatic nitrogens is 1. The summed E-state index contributed by atoms with van der Waals surface area (Å²) in [7, 11) is 1.65. The van der Waals surface area contributed by atoms with Gasteiger partial charge in [0, 0.05) is 28.8 Å². The van der Waals surface area contributed by atoms with Crippen LogP contribution in [0.25, 0.3) is 10.9 Å². The van der Waals surface area contributed by atoms with Crippen molar-refractivity contribution in [1.82, 2.24) is 9.88 Å². The molecule has 0 bridgehead atoms. The first-order valence-electron chi connectivity index (χ1n) is 12.8. The van der Waals surface area contributed by atoms with Crippen LogP contribution in [0.5, 0.6) is 5.75 Å². The van der Waals surface area contributed by atoms with Gasteiger partial charge in [-0.1, -0.05) is 0 Å². The zero-order chi connectivity index (χ0) is 27.3. The van der Waals surface area contributed by atoms with Gasteiger partial charge in [0.25, 0.3) is 0 Å². The number of piperidine rings is 1. The molecule has 9 heteroatoms. The van der Waals surface area contributed by atoms with Gasteiger partial charge in [0.15, 0.2) is 17.5 Å². The number of rotatable bonds is 11. The fourth-order valence-electron chi connectivity index (χ4n) is 5.42. The molecule has 1 aliphatic rings. The normalized spacial score (nSPS) is 15.6. The number of aryl methyl sites for hydroxylation is 2. The quantitative estimate of drug-likeness (QED) is 0.215. The summed E-state index contributed by atoms with van der Waals surface area (Å²) in [6.07, 6.45) is 6.15. The molecule has 2 aromatic carbocycles. The van der Waals surface area contributed by atoms with E-state index in [1.165, 1.54) is 17.3 Å². The number of carboxylic acid groups (broad SMARTS) is 1. The Morgan fingerprint density at radius 3 is 2.53 bits per heavy atom. The number of ether oxygens (including phenoxy) is 1. The van der Waals surface area contributed by atoms with Crippen molar-refractivity contribution in [3.63, 3.8) is 0 Å². The van der Waals surface area contributed by atoms with E-state index < -0.39 is 23.4 Å². The summed E-state index contributed by atoms with van der Waals surface area (Å²) in [5.74, 6) is -3.20. The number of fused-ring (bicyclic) bond motifs is 1. The Morgan fingerprint density at radius 2 is 1.87 bits per heavy atom. The zero-order valence-corrected chi connectivity index (χ0v) is 22.6. The van der Waals surface area contributed by atoms with Crippen molar-refractivity contribution in [2.45, 2.75) is 50.3 Å². The van der Waals surface area contributed by atoms with E-state index in [9.17, 15) is 23.1 Å². The van der Waals surface area contributed by atoms with E-state index in [0.29, 0.717) is 17.2 Å². The van der Waals surface area contributed by atoms with E-state index >= 15 is 0 Å². The minimum absolute atomic E-state index is 0.146. The van der Waals surface area contributed by atoms with Gasteiger partial charge < -0.3 is 14.7 Å². The van der Waals surface area contributed by atoms with Crippen LogP contribution < -0.4 is 4.74 Å². The number of nitrogens with zero attached hydrogens (tertiary/aromatic N) is 2. The molecule has 5 nitrogen and oxygen atoms in total. The van der Waals surface area contributed by atoms with E-state index in [-0.39, 0.29) is 11.8 Å². The molecule has 2 heterocycles. The van der Waals surface area contributed by atoms with Crippen molar-refractivity contribution in [2.24, 2.45) is 5.41 Å². The van der Waals surface area contributed by atoms with Crippen LogP contribution in [0, 0.1) is 29.8 Å². The molecular weight excluding hydrogens is 513 g/mol. The second kappa shape index (κ2) is 12.4. The Morgan fingerprint density at radius 1 is 1.16 bits per heavy atom. The van der Waals surface area contributed by atoms with Crippen molar-refractivity contribution >= 4 is 28.6 Å². The van der Waals surface area contributed by atoms with Crippen molar-refractivity contribution in [3.8, 4) is 5.75 Å². The summed E-state index contributed by atoms with van der Waals surface area (Å²) in [6, 6.07) is 7.91. The highest BCUT2D eigenvalue weighted by molar-refractivity contribution is 7.99. The van der Waals surface area contributed by atoms with Crippen molar-refractivity contribution in [1.29, 1.82) is 0 Å². The maximum Gasteiger partial charge on any atom is 0.303 e. The molecule has 0 saturated carbocycles. The molecule has 1 fully saturated rings. The minimum Gasteiger partial charge on any atom is -0.497 e. The molecule has 0 unspecified atom stereocenters. The number of carboxylic acids is 1. The number of carbonyl (C=O) groups is 1. The second-order valence-electron chi connectivity index (χ2n) is 10.1. The Labute approximate surface area is 225 Å². The molecular formula is C29H33F3N2O3S. The third-order valence-corrected chi connectivity index (χ3v) is 8.57. The van der Waals surface area contributed by atoms with Crippen LogP contribution in [0.15, 0.2) is 41.4 Å². The van der Waals surface area contributed by atoms with Gasteiger partial charge in [-0.15, -0.1) is 11.8 Å². The molecule has 38 heavy (non-hydrogen) atoms. The van der Waals surface area contributed by atoms with Gasteiger partial charge in [-0.2, -0.15) is 0 Å². The number of methoxy groups -OCH3 is 1. The molecule has 0 atom stereocenters. The third-order valence-electron chi connectivity index (χ3n) is 7.61. The first-order valence-corrected chi connectivity index (χ1v) is 13.8. The van der Waals surface area contributed by atoms with Gasteiger partial charge in [-0.25, -0.2) is 13.2 Å². The number of aliphatic carboxylic acids is 1. The number of benzene rings is 2. The predicted octanol–water partition coefficient (Wildman–Crippen LogP) is 6.64. The SMILES string of the molecule is COc1ccc2ncc(C)c(CCCC3(CC(=O)O)CCN(CCSc4cc(F)c(F)c(F)c4)CC3)c2c1. The summed E-state index contributed by atoms with van der Waals surface area (Å²) in [5.41, 5.74) is 3.00. The van der Waals surface area contributed by atoms with Crippen molar-refractivity contribution < 1.29 is 27.8 Å². The van der Waals surface area contributed by atoms with Gasteiger partial charge in [0.05, 0.1) is 19.0 Å². The molecule has 0 amide bonds. The van der Waals surface area contributed by atoms with Gasteiger partial charge in [0.1, 0.15) is 5.75 Å². The number of pyridine rings is 1. The molecule has 0 aliphatic carbocycles.